The van der Waals surface area contributed by atoms with Gasteiger partial charge in [-0.05, 0) is 18.2 Å². The van der Waals surface area contributed by atoms with E-state index in [1.54, 1.807) is 24.4 Å². The molecule has 0 atom stereocenters. The van der Waals surface area contributed by atoms with Crippen LogP contribution in [0.15, 0.2) is 53.5 Å². The van der Waals surface area contributed by atoms with Crippen LogP contribution in [-0.4, -0.2) is 17.7 Å². The van der Waals surface area contributed by atoms with E-state index in [0.29, 0.717) is 17.1 Å². The molecular weight excluding hydrogens is 288 g/mol. The number of benzene rings is 2. The molecular formula is C16H11ClN2O2. The first-order valence-corrected chi connectivity index (χ1v) is 6.52. The van der Waals surface area contributed by atoms with Crippen molar-refractivity contribution in [3.63, 3.8) is 0 Å². The van der Waals surface area contributed by atoms with Gasteiger partial charge in [0, 0.05) is 34.5 Å². The lowest BCUT2D eigenvalue weighted by Crippen LogP contribution is -1.87. The molecule has 0 heterocycles. The molecule has 0 spiro atoms. The molecule has 4 nitrogen and oxygen atoms in total. The van der Waals surface area contributed by atoms with Crippen LogP contribution < -0.4 is 0 Å². The van der Waals surface area contributed by atoms with E-state index in [1.165, 1.54) is 12.1 Å². The Morgan fingerprint density at radius 3 is 2.57 bits per heavy atom. The second kappa shape index (κ2) is 7.22. The van der Waals surface area contributed by atoms with Crippen LogP contribution in [0.2, 0.25) is 5.02 Å². The summed E-state index contributed by atoms with van der Waals surface area (Å²) >= 11 is 5.99. The number of nitrogens with zero attached hydrogens (tertiary/aromatic N) is 2. The molecule has 21 heavy (non-hydrogen) atoms. The molecule has 104 valence electrons. The van der Waals surface area contributed by atoms with Gasteiger partial charge in [0.05, 0.1) is 4.92 Å². The Morgan fingerprint density at radius 1 is 1.19 bits per heavy atom. The Bertz CT molecular complexity index is 728. The summed E-state index contributed by atoms with van der Waals surface area (Å²) in [6.07, 6.45) is 1.67. The van der Waals surface area contributed by atoms with Crippen molar-refractivity contribution in [3.05, 3.63) is 74.8 Å². The molecule has 2 aromatic rings. The Hall–Kier alpha value is -2.64. The third kappa shape index (κ3) is 4.44. The van der Waals surface area contributed by atoms with E-state index in [9.17, 15) is 10.1 Å². The Labute approximate surface area is 127 Å². The molecule has 0 saturated heterocycles. The van der Waals surface area contributed by atoms with E-state index in [4.69, 9.17) is 11.6 Å². The van der Waals surface area contributed by atoms with Gasteiger partial charge in [-0.15, -0.1) is 0 Å². The first-order chi connectivity index (χ1) is 10.2. The predicted octanol–water partition coefficient (Wildman–Crippen LogP) is 3.72. The minimum atomic E-state index is -0.439. The van der Waals surface area contributed by atoms with Crippen LogP contribution in [0, 0.1) is 22.0 Å². The summed E-state index contributed by atoms with van der Waals surface area (Å²) in [6.45, 7) is 0.336. The van der Waals surface area contributed by atoms with Crippen LogP contribution >= 0.6 is 11.6 Å². The van der Waals surface area contributed by atoms with Crippen molar-refractivity contribution in [2.75, 3.05) is 6.54 Å². The van der Waals surface area contributed by atoms with Gasteiger partial charge in [-0.1, -0.05) is 41.6 Å². The summed E-state index contributed by atoms with van der Waals surface area (Å²) in [4.78, 5) is 14.2. The zero-order valence-electron chi connectivity index (χ0n) is 11.0. The third-order valence-electron chi connectivity index (χ3n) is 2.62. The molecule has 0 saturated carbocycles. The minimum absolute atomic E-state index is 0.0530. The van der Waals surface area contributed by atoms with Gasteiger partial charge in [-0.25, -0.2) is 0 Å². The second-order valence-corrected chi connectivity index (χ2v) is 4.50. The highest BCUT2D eigenvalue weighted by molar-refractivity contribution is 6.33. The van der Waals surface area contributed by atoms with Crippen LogP contribution in [0.25, 0.3) is 0 Å². The smallest absolute Gasteiger partial charge is 0.269 e. The molecule has 5 heteroatoms. The zero-order chi connectivity index (χ0) is 15.1. The molecule has 0 aliphatic carbocycles. The maximum Gasteiger partial charge on any atom is 0.269 e. The molecule has 0 aromatic heterocycles. The average molecular weight is 299 g/mol. The molecule has 2 aromatic carbocycles. The highest BCUT2D eigenvalue weighted by Gasteiger charge is 2.01. The highest BCUT2D eigenvalue weighted by atomic mass is 35.5. The Morgan fingerprint density at radius 2 is 1.90 bits per heavy atom. The minimum Gasteiger partial charge on any atom is -0.280 e. The molecule has 0 bridgehead atoms. The molecule has 0 fully saturated rings. The lowest BCUT2D eigenvalue weighted by atomic mass is 10.2. The average Bonchev–Trinajstić information content (AvgIpc) is 2.49. The van der Waals surface area contributed by atoms with E-state index in [-0.39, 0.29) is 5.69 Å². The van der Waals surface area contributed by atoms with Gasteiger partial charge in [0.25, 0.3) is 5.69 Å². The summed E-state index contributed by atoms with van der Waals surface area (Å²) in [6, 6.07) is 13.5. The Balaban J connectivity index is 1.95. The topological polar surface area (TPSA) is 55.5 Å². The van der Waals surface area contributed by atoms with Crippen molar-refractivity contribution in [3.8, 4) is 11.8 Å². The van der Waals surface area contributed by atoms with Gasteiger partial charge < -0.3 is 0 Å². The maximum atomic E-state index is 10.5. The zero-order valence-corrected chi connectivity index (χ0v) is 11.7. The fraction of sp³-hybridized carbons (Fsp3) is 0.0625. The highest BCUT2D eigenvalue weighted by Crippen LogP contribution is 2.12. The number of non-ortho nitro benzene ring substituents is 1. The number of hydrogen-bond donors (Lipinski definition) is 0. The van der Waals surface area contributed by atoms with Gasteiger partial charge in [0.1, 0.15) is 6.54 Å². The van der Waals surface area contributed by atoms with Gasteiger partial charge in [0.15, 0.2) is 0 Å². The number of rotatable bonds is 3. The fourth-order valence-electron chi connectivity index (χ4n) is 1.58. The summed E-state index contributed by atoms with van der Waals surface area (Å²) in [5, 5.41) is 11.2. The van der Waals surface area contributed by atoms with E-state index < -0.39 is 4.92 Å². The summed E-state index contributed by atoms with van der Waals surface area (Å²) in [5.74, 6) is 5.77. The van der Waals surface area contributed by atoms with Crippen molar-refractivity contribution < 1.29 is 4.92 Å². The Kier molecular flexibility index (Phi) is 5.08. The molecule has 0 aliphatic heterocycles. The van der Waals surface area contributed by atoms with E-state index in [1.807, 2.05) is 18.2 Å². The first-order valence-electron chi connectivity index (χ1n) is 6.14. The van der Waals surface area contributed by atoms with Crippen LogP contribution in [-0.2, 0) is 0 Å². The lowest BCUT2D eigenvalue weighted by Gasteiger charge is -1.94. The molecule has 0 radical (unpaired) electrons. The van der Waals surface area contributed by atoms with Crippen LogP contribution in [0.5, 0.6) is 0 Å². The standard InChI is InChI=1S/C16H11ClN2O2/c17-16-6-2-1-5-14(16)12-18-11-3-4-13-7-9-15(10-8-13)19(20)21/h1-2,5-10,12H,11H2/b18-12+. The summed E-state index contributed by atoms with van der Waals surface area (Å²) in [7, 11) is 0. The quantitative estimate of drug-likeness (QED) is 0.375. The maximum absolute atomic E-state index is 10.5. The second-order valence-electron chi connectivity index (χ2n) is 4.10. The van der Waals surface area contributed by atoms with Crippen LogP contribution in [0.3, 0.4) is 0 Å². The molecule has 0 aliphatic rings. The van der Waals surface area contributed by atoms with Gasteiger partial charge in [0.2, 0.25) is 0 Å². The van der Waals surface area contributed by atoms with E-state index >= 15 is 0 Å². The van der Waals surface area contributed by atoms with Gasteiger partial charge in [-0.3, -0.25) is 15.1 Å². The number of halogens is 1. The lowest BCUT2D eigenvalue weighted by molar-refractivity contribution is -0.384. The van der Waals surface area contributed by atoms with Crippen LogP contribution in [0.1, 0.15) is 11.1 Å². The van der Waals surface area contributed by atoms with Crippen molar-refractivity contribution >= 4 is 23.5 Å². The monoisotopic (exact) mass is 298 g/mol. The number of hydrogen-bond acceptors (Lipinski definition) is 3. The normalized spacial score (nSPS) is 10.1. The summed E-state index contributed by atoms with van der Waals surface area (Å²) < 4.78 is 0. The number of nitro groups is 1. The SMILES string of the molecule is O=[N+]([O-])c1ccc(C#CC/N=C/c2ccccc2Cl)cc1. The number of aliphatic imine (C=N–C) groups is 1. The van der Waals surface area contributed by atoms with E-state index in [2.05, 4.69) is 16.8 Å². The van der Waals surface area contributed by atoms with Gasteiger partial charge >= 0.3 is 0 Å². The van der Waals surface area contributed by atoms with E-state index in [0.717, 1.165) is 5.56 Å². The van der Waals surface area contributed by atoms with Crippen LogP contribution in [0.4, 0.5) is 5.69 Å². The van der Waals surface area contributed by atoms with Gasteiger partial charge in [-0.2, -0.15) is 0 Å². The fourth-order valence-corrected chi connectivity index (χ4v) is 1.76. The van der Waals surface area contributed by atoms with Crippen molar-refractivity contribution in [2.45, 2.75) is 0 Å². The third-order valence-corrected chi connectivity index (χ3v) is 2.96. The predicted molar refractivity (Wildman–Crippen MR) is 83.9 cm³/mol. The molecule has 0 N–H and O–H groups in total. The first kappa shape index (κ1) is 14.8. The molecule has 2 rings (SSSR count). The molecule has 0 unspecified atom stereocenters. The van der Waals surface area contributed by atoms with Crippen molar-refractivity contribution in [1.29, 1.82) is 0 Å². The van der Waals surface area contributed by atoms with Crippen molar-refractivity contribution in [2.24, 2.45) is 4.99 Å². The summed E-state index contributed by atoms with van der Waals surface area (Å²) in [5.41, 5.74) is 1.61. The largest absolute Gasteiger partial charge is 0.280 e. The number of nitro benzene ring substituents is 1. The molecule has 0 amide bonds. The van der Waals surface area contributed by atoms with Crippen molar-refractivity contribution in [1.82, 2.24) is 0 Å².